The summed E-state index contributed by atoms with van der Waals surface area (Å²) in [5, 5.41) is 16.9. The molecule has 0 spiro atoms. The molecule has 0 amide bonds. The molecule has 19 heavy (non-hydrogen) atoms. The minimum Gasteiger partial charge on any atom is -0.481 e. The van der Waals surface area contributed by atoms with E-state index in [-0.39, 0.29) is 6.10 Å². The maximum atomic E-state index is 9.36. The van der Waals surface area contributed by atoms with Gasteiger partial charge in [-0.1, -0.05) is 0 Å². The van der Waals surface area contributed by atoms with Crippen molar-refractivity contribution in [3.05, 3.63) is 11.3 Å². The molecule has 1 aliphatic heterocycles. The summed E-state index contributed by atoms with van der Waals surface area (Å²) in [5.74, 6) is 0.629. The first-order chi connectivity index (χ1) is 9.17. The Morgan fingerprint density at radius 3 is 3.05 bits per heavy atom. The Balaban J connectivity index is 2.10. The lowest BCUT2D eigenvalue weighted by Crippen LogP contribution is -2.29. The molecule has 2 unspecified atom stereocenters. The van der Waals surface area contributed by atoms with Crippen molar-refractivity contribution in [3.63, 3.8) is 0 Å². The second-order valence-corrected chi connectivity index (χ2v) is 4.74. The van der Waals surface area contributed by atoms with Crippen molar-refractivity contribution in [2.45, 2.75) is 31.9 Å². The van der Waals surface area contributed by atoms with Crippen molar-refractivity contribution in [2.24, 2.45) is 7.05 Å². The molecule has 0 aromatic carbocycles. The van der Waals surface area contributed by atoms with E-state index >= 15 is 0 Å². The van der Waals surface area contributed by atoms with Crippen molar-refractivity contribution in [3.8, 4) is 11.9 Å². The third-order valence-electron chi connectivity index (χ3n) is 3.40. The minimum atomic E-state index is -0.423. The van der Waals surface area contributed by atoms with Crippen LogP contribution in [0.15, 0.2) is 0 Å². The van der Waals surface area contributed by atoms with Gasteiger partial charge in [0.15, 0.2) is 0 Å². The van der Waals surface area contributed by atoms with Crippen LogP contribution in [0.25, 0.3) is 0 Å². The predicted octanol–water partition coefficient (Wildman–Crippen LogP) is 1.07. The molecule has 1 aliphatic rings. The third-order valence-corrected chi connectivity index (χ3v) is 3.40. The standard InChI is InChI=1S/C13H20N4O2/c1-9-12(13(18-3)17(2)16-9)11(7-14)15-8-10-5-4-6-19-10/h10-11,15H,4-6,8H2,1-3H3. The molecule has 6 nitrogen and oxygen atoms in total. The smallest absolute Gasteiger partial charge is 0.217 e. The zero-order chi connectivity index (χ0) is 13.8. The van der Waals surface area contributed by atoms with Crippen LogP contribution in [0.5, 0.6) is 5.88 Å². The Morgan fingerprint density at radius 2 is 2.47 bits per heavy atom. The van der Waals surface area contributed by atoms with Crippen LogP contribution in [-0.4, -0.2) is 36.1 Å². The predicted molar refractivity (Wildman–Crippen MR) is 69.8 cm³/mol. The number of nitriles is 1. The monoisotopic (exact) mass is 264 g/mol. The van der Waals surface area contributed by atoms with E-state index in [1.165, 1.54) is 0 Å². The summed E-state index contributed by atoms with van der Waals surface area (Å²) in [6.07, 6.45) is 2.35. The number of nitrogens with zero attached hydrogens (tertiary/aromatic N) is 3. The highest BCUT2D eigenvalue weighted by atomic mass is 16.5. The van der Waals surface area contributed by atoms with Crippen molar-refractivity contribution in [1.29, 1.82) is 5.26 Å². The fourth-order valence-electron chi connectivity index (χ4n) is 2.49. The van der Waals surface area contributed by atoms with Crippen LogP contribution < -0.4 is 10.1 Å². The largest absolute Gasteiger partial charge is 0.481 e. The summed E-state index contributed by atoms with van der Waals surface area (Å²) in [6.45, 7) is 3.38. The number of hydrogen-bond donors (Lipinski definition) is 1. The molecule has 0 saturated carbocycles. The zero-order valence-electron chi connectivity index (χ0n) is 11.6. The summed E-state index contributed by atoms with van der Waals surface area (Å²) < 4.78 is 12.5. The second kappa shape index (κ2) is 6.04. The maximum absolute atomic E-state index is 9.36. The lowest BCUT2D eigenvalue weighted by Gasteiger charge is -2.16. The molecule has 1 aromatic rings. The number of rotatable bonds is 5. The quantitative estimate of drug-likeness (QED) is 0.861. The molecule has 1 aromatic heterocycles. The molecule has 6 heteroatoms. The van der Waals surface area contributed by atoms with Gasteiger partial charge in [-0.2, -0.15) is 10.4 Å². The van der Waals surface area contributed by atoms with Gasteiger partial charge in [-0.05, 0) is 19.8 Å². The molecule has 2 atom stereocenters. The zero-order valence-corrected chi connectivity index (χ0v) is 11.6. The fourth-order valence-corrected chi connectivity index (χ4v) is 2.49. The van der Waals surface area contributed by atoms with Crippen LogP contribution in [0.4, 0.5) is 0 Å². The van der Waals surface area contributed by atoms with Crippen molar-refractivity contribution in [1.82, 2.24) is 15.1 Å². The highest BCUT2D eigenvalue weighted by Crippen LogP contribution is 2.27. The number of ether oxygens (including phenoxy) is 2. The summed E-state index contributed by atoms with van der Waals surface area (Å²) in [4.78, 5) is 0. The van der Waals surface area contributed by atoms with E-state index < -0.39 is 6.04 Å². The number of aromatic nitrogens is 2. The molecular weight excluding hydrogens is 244 g/mol. The summed E-state index contributed by atoms with van der Waals surface area (Å²) >= 11 is 0. The molecule has 1 saturated heterocycles. The molecular formula is C13H20N4O2. The summed E-state index contributed by atoms with van der Waals surface area (Å²) in [5.41, 5.74) is 1.62. The van der Waals surface area contributed by atoms with Crippen LogP contribution in [0, 0.1) is 18.3 Å². The molecule has 2 heterocycles. The van der Waals surface area contributed by atoms with Gasteiger partial charge in [0.2, 0.25) is 5.88 Å². The van der Waals surface area contributed by atoms with Gasteiger partial charge in [0.25, 0.3) is 0 Å². The topological polar surface area (TPSA) is 72.1 Å². The molecule has 1 fully saturated rings. The molecule has 2 rings (SSSR count). The van der Waals surface area contributed by atoms with E-state index in [1.807, 2.05) is 14.0 Å². The van der Waals surface area contributed by atoms with Gasteiger partial charge in [0.1, 0.15) is 6.04 Å². The van der Waals surface area contributed by atoms with Crippen molar-refractivity contribution >= 4 is 0 Å². The Bertz CT molecular complexity index is 472. The average Bonchev–Trinajstić information content (AvgIpc) is 2.99. The SMILES string of the molecule is COc1c(C(C#N)NCC2CCCO2)c(C)nn1C. The van der Waals surface area contributed by atoms with Crippen molar-refractivity contribution in [2.75, 3.05) is 20.3 Å². The number of aryl methyl sites for hydroxylation is 2. The maximum Gasteiger partial charge on any atom is 0.217 e. The van der Waals surface area contributed by atoms with Gasteiger partial charge in [0, 0.05) is 20.2 Å². The Labute approximate surface area is 113 Å². The van der Waals surface area contributed by atoms with Gasteiger partial charge in [-0.3, -0.25) is 5.32 Å². The Kier molecular flexibility index (Phi) is 4.40. The summed E-state index contributed by atoms with van der Waals surface area (Å²) in [7, 11) is 3.40. The van der Waals surface area contributed by atoms with E-state index in [1.54, 1.807) is 11.8 Å². The highest BCUT2D eigenvalue weighted by Gasteiger charge is 2.24. The molecule has 104 valence electrons. The first kappa shape index (κ1) is 13.8. The summed E-state index contributed by atoms with van der Waals surface area (Å²) in [6, 6.07) is 1.85. The van der Waals surface area contributed by atoms with Crippen molar-refractivity contribution < 1.29 is 9.47 Å². The van der Waals surface area contributed by atoms with E-state index in [2.05, 4.69) is 16.5 Å². The van der Waals surface area contributed by atoms with Crippen LogP contribution >= 0.6 is 0 Å². The Hall–Kier alpha value is -1.58. The first-order valence-electron chi connectivity index (χ1n) is 6.49. The van der Waals surface area contributed by atoms with E-state index in [0.29, 0.717) is 12.4 Å². The Morgan fingerprint density at radius 1 is 1.68 bits per heavy atom. The van der Waals surface area contributed by atoms with E-state index in [0.717, 1.165) is 30.7 Å². The van der Waals surface area contributed by atoms with Crippen LogP contribution in [0.1, 0.15) is 30.1 Å². The lowest BCUT2D eigenvalue weighted by atomic mass is 10.1. The van der Waals surface area contributed by atoms with Gasteiger partial charge in [-0.25, -0.2) is 4.68 Å². The van der Waals surface area contributed by atoms with Gasteiger partial charge >= 0.3 is 0 Å². The minimum absolute atomic E-state index is 0.207. The van der Waals surface area contributed by atoms with Crippen LogP contribution in [0.2, 0.25) is 0 Å². The van der Waals surface area contributed by atoms with Gasteiger partial charge < -0.3 is 9.47 Å². The first-order valence-corrected chi connectivity index (χ1v) is 6.49. The highest BCUT2D eigenvalue weighted by molar-refractivity contribution is 5.37. The van der Waals surface area contributed by atoms with Crippen LogP contribution in [0.3, 0.4) is 0 Å². The fraction of sp³-hybridized carbons (Fsp3) is 0.692. The average molecular weight is 264 g/mol. The number of methoxy groups -OCH3 is 1. The number of nitrogens with one attached hydrogen (secondary N) is 1. The third kappa shape index (κ3) is 2.88. The second-order valence-electron chi connectivity index (χ2n) is 4.74. The lowest BCUT2D eigenvalue weighted by molar-refractivity contribution is 0.109. The normalized spacial score (nSPS) is 20.2. The molecule has 1 N–H and O–H groups in total. The van der Waals surface area contributed by atoms with Gasteiger partial charge in [0.05, 0.1) is 30.5 Å². The van der Waals surface area contributed by atoms with E-state index in [9.17, 15) is 5.26 Å². The molecule has 0 bridgehead atoms. The number of hydrogen-bond acceptors (Lipinski definition) is 5. The van der Waals surface area contributed by atoms with E-state index in [4.69, 9.17) is 9.47 Å². The van der Waals surface area contributed by atoms with Crippen LogP contribution in [-0.2, 0) is 11.8 Å². The molecule has 0 radical (unpaired) electrons. The molecule has 0 aliphatic carbocycles. The van der Waals surface area contributed by atoms with Gasteiger partial charge in [-0.15, -0.1) is 0 Å².